The van der Waals surface area contributed by atoms with E-state index in [9.17, 15) is 0 Å². The summed E-state index contributed by atoms with van der Waals surface area (Å²) in [7, 11) is 1.77. The Morgan fingerprint density at radius 2 is 2.11 bits per heavy atom. The number of likely N-dealkylation sites (tertiary alicyclic amines) is 1. The highest BCUT2D eigenvalue weighted by Crippen LogP contribution is 2.40. The van der Waals surface area contributed by atoms with Gasteiger partial charge in [0.15, 0.2) is 0 Å². The molecule has 2 atom stereocenters. The van der Waals surface area contributed by atoms with Gasteiger partial charge in [-0.3, -0.25) is 4.90 Å². The zero-order chi connectivity index (χ0) is 13.7. The predicted octanol–water partition coefficient (Wildman–Crippen LogP) is 2.69. The second-order valence-corrected chi connectivity index (χ2v) is 5.17. The fourth-order valence-electron chi connectivity index (χ4n) is 3.19. The number of benzene rings is 1. The Labute approximate surface area is 116 Å². The van der Waals surface area contributed by atoms with Crippen LogP contribution in [0, 0.1) is 5.92 Å². The summed E-state index contributed by atoms with van der Waals surface area (Å²) in [6.07, 6.45) is 1.27. The van der Waals surface area contributed by atoms with Crippen molar-refractivity contribution in [1.29, 1.82) is 0 Å². The Bertz CT molecular complexity index is 394. The van der Waals surface area contributed by atoms with Crippen LogP contribution in [0.1, 0.15) is 31.9 Å². The second kappa shape index (κ2) is 6.92. The van der Waals surface area contributed by atoms with Gasteiger partial charge in [-0.1, -0.05) is 32.0 Å². The first-order chi connectivity index (χ1) is 9.31. The van der Waals surface area contributed by atoms with E-state index in [1.807, 2.05) is 6.07 Å². The van der Waals surface area contributed by atoms with Crippen molar-refractivity contribution in [1.82, 2.24) is 10.2 Å². The van der Waals surface area contributed by atoms with Gasteiger partial charge in [0.25, 0.3) is 0 Å². The predicted molar refractivity (Wildman–Crippen MR) is 79.6 cm³/mol. The molecule has 0 spiro atoms. The second-order valence-electron chi connectivity index (χ2n) is 5.17. The molecule has 0 saturated carbocycles. The minimum atomic E-state index is 0.486. The van der Waals surface area contributed by atoms with Gasteiger partial charge in [-0.25, -0.2) is 0 Å². The standard InChI is InChI=1S/C16H26N2O/c1-4-17-12-13-10-11-18(5-2)16(13)14-8-6-7-9-15(14)19-3/h6-9,13,16-17H,4-5,10-12H2,1-3H3/t13-,16+/m1/s1. The fourth-order valence-corrected chi connectivity index (χ4v) is 3.19. The van der Waals surface area contributed by atoms with E-state index in [-0.39, 0.29) is 0 Å². The van der Waals surface area contributed by atoms with Crippen LogP contribution in [0.25, 0.3) is 0 Å². The molecular weight excluding hydrogens is 236 g/mol. The van der Waals surface area contributed by atoms with Crippen LogP contribution in [0.4, 0.5) is 0 Å². The molecule has 0 aromatic heterocycles. The quantitative estimate of drug-likeness (QED) is 0.853. The lowest BCUT2D eigenvalue weighted by Gasteiger charge is -2.29. The Morgan fingerprint density at radius 3 is 2.79 bits per heavy atom. The average Bonchev–Trinajstić information content (AvgIpc) is 2.87. The Hall–Kier alpha value is -1.06. The van der Waals surface area contributed by atoms with Crippen LogP contribution >= 0.6 is 0 Å². The number of hydrogen-bond donors (Lipinski definition) is 1. The monoisotopic (exact) mass is 262 g/mol. The van der Waals surface area contributed by atoms with Crippen LogP contribution in [0.5, 0.6) is 5.75 Å². The van der Waals surface area contributed by atoms with E-state index in [4.69, 9.17) is 4.74 Å². The van der Waals surface area contributed by atoms with Gasteiger partial charge in [0.1, 0.15) is 5.75 Å². The van der Waals surface area contributed by atoms with Crippen molar-refractivity contribution in [3.8, 4) is 5.75 Å². The van der Waals surface area contributed by atoms with Gasteiger partial charge in [0, 0.05) is 11.6 Å². The number of methoxy groups -OCH3 is 1. The normalized spacial score (nSPS) is 23.7. The fraction of sp³-hybridized carbons (Fsp3) is 0.625. The molecule has 0 unspecified atom stereocenters. The van der Waals surface area contributed by atoms with E-state index in [1.54, 1.807) is 7.11 Å². The van der Waals surface area contributed by atoms with Crippen LogP contribution in [0.15, 0.2) is 24.3 Å². The molecule has 19 heavy (non-hydrogen) atoms. The van der Waals surface area contributed by atoms with Gasteiger partial charge in [0.05, 0.1) is 7.11 Å². The molecule has 0 radical (unpaired) electrons. The molecule has 1 aliphatic rings. The van der Waals surface area contributed by atoms with Crippen molar-refractivity contribution in [2.45, 2.75) is 26.3 Å². The summed E-state index contributed by atoms with van der Waals surface area (Å²) in [4.78, 5) is 2.57. The summed E-state index contributed by atoms with van der Waals surface area (Å²) >= 11 is 0. The molecule has 1 saturated heterocycles. The third kappa shape index (κ3) is 3.10. The van der Waals surface area contributed by atoms with E-state index < -0.39 is 0 Å². The molecule has 1 fully saturated rings. The van der Waals surface area contributed by atoms with E-state index in [2.05, 4.69) is 42.3 Å². The summed E-state index contributed by atoms with van der Waals surface area (Å²) < 4.78 is 5.56. The molecule has 1 N–H and O–H groups in total. The van der Waals surface area contributed by atoms with E-state index in [0.29, 0.717) is 12.0 Å². The molecule has 1 aromatic carbocycles. The number of nitrogens with one attached hydrogen (secondary N) is 1. The zero-order valence-corrected chi connectivity index (χ0v) is 12.4. The van der Waals surface area contributed by atoms with Crippen LogP contribution in [-0.2, 0) is 0 Å². The maximum absolute atomic E-state index is 5.56. The van der Waals surface area contributed by atoms with Crippen molar-refractivity contribution in [2.24, 2.45) is 5.92 Å². The minimum Gasteiger partial charge on any atom is -0.496 e. The Morgan fingerprint density at radius 1 is 1.32 bits per heavy atom. The minimum absolute atomic E-state index is 0.486. The molecule has 1 heterocycles. The van der Waals surface area contributed by atoms with Crippen LogP contribution in [0.3, 0.4) is 0 Å². The van der Waals surface area contributed by atoms with Crippen molar-refractivity contribution in [3.63, 3.8) is 0 Å². The lowest BCUT2D eigenvalue weighted by molar-refractivity contribution is 0.231. The number of hydrogen-bond acceptors (Lipinski definition) is 3. The summed E-state index contributed by atoms with van der Waals surface area (Å²) in [5, 5.41) is 3.50. The molecule has 1 aliphatic heterocycles. The van der Waals surface area contributed by atoms with Crippen molar-refractivity contribution >= 4 is 0 Å². The van der Waals surface area contributed by atoms with E-state index in [1.165, 1.54) is 18.5 Å². The smallest absolute Gasteiger partial charge is 0.123 e. The van der Waals surface area contributed by atoms with E-state index in [0.717, 1.165) is 25.4 Å². The Balaban J connectivity index is 2.25. The molecule has 3 nitrogen and oxygen atoms in total. The van der Waals surface area contributed by atoms with E-state index >= 15 is 0 Å². The van der Waals surface area contributed by atoms with Crippen molar-refractivity contribution < 1.29 is 4.74 Å². The number of ether oxygens (including phenoxy) is 1. The summed E-state index contributed by atoms with van der Waals surface area (Å²) in [5.74, 6) is 1.70. The highest BCUT2D eigenvalue weighted by Gasteiger charge is 2.35. The van der Waals surface area contributed by atoms with Gasteiger partial charge >= 0.3 is 0 Å². The maximum atomic E-state index is 5.56. The highest BCUT2D eigenvalue weighted by atomic mass is 16.5. The van der Waals surface area contributed by atoms with Crippen LogP contribution < -0.4 is 10.1 Å². The largest absolute Gasteiger partial charge is 0.496 e. The zero-order valence-electron chi connectivity index (χ0n) is 12.4. The molecule has 0 aliphatic carbocycles. The molecule has 1 aromatic rings. The molecule has 3 heteroatoms. The third-order valence-corrected chi connectivity index (χ3v) is 4.15. The van der Waals surface area contributed by atoms with Crippen LogP contribution in [0.2, 0.25) is 0 Å². The van der Waals surface area contributed by atoms with Crippen molar-refractivity contribution in [2.75, 3.05) is 33.3 Å². The summed E-state index contributed by atoms with van der Waals surface area (Å²) in [5.41, 5.74) is 1.34. The number of para-hydroxylation sites is 1. The van der Waals surface area contributed by atoms with Crippen LogP contribution in [-0.4, -0.2) is 38.2 Å². The first kappa shape index (κ1) is 14.4. The molecule has 0 amide bonds. The van der Waals surface area contributed by atoms with Crippen molar-refractivity contribution in [3.05, 3.63) is 29.8 Å². The van der Waals surface area contributed by atoms with Gasteiger partial charge in [0.2, 0.25) is 0 Å². The third-order valence-electron chi connectivity index (χ3n) is 4.15. The molecule has 2 rings (SSSR count). The molecular formula is C16H26N2O. The van der Waals surface area contributed by atoms with Gasteiger partial charge < -0.3 is 10.1 Å². The highest BCUT2D eigenvalue weighted by molar-refractivity contribution is 5.37. The lowest BCUT2D eigenvalue weighted by atomic mass is 9.93. The lowest BCUT2D eigenvalue weighted by Crippen LogP contribution is -2.30. The van der Waals surface area contributed by atoms with Gasteiger partial charge in [-0.2, -0.15) is 0 Å². The summed E-state index contributed by atoms with van der Waals surface area (Å²) in [6, 6.07) is 8.95. The first-order valence-electron chi connectivity index (χ1n) is 7.39. The topological polar surface area (TPSA) is 24.5 Å². The summed E-state index contributed by atoms with van der Waals surface area (Å²) in [6.45, 7) is 8.85. The average molecular weight is 262 g/mol. The first-order valence-corrected chi connectivity index (χ1v) is 7.39. The number of rotatable bonds is 6. The molecule has 0 bridgehead atoms. The maximum Gasteiger partial charge on any atom is 0.123 e. The van der Waals surface area contributed by atoms with Gasteiger partial charge in [-0.05, 0) is 44.6 Å². The number of nitrogens with zero attached hydrogens (tertiary/aromatic N) is 1. The molecule has 106 valence electrons. The SMILES string of the molecule is CCNC[C@H]1CCN(CC)[C@@H]1c1ccccc1OC. The Kier molecular flexibility index (Phi) is 5.23. The van der Waals surface area contributed by atoms with Gasteiger partial charge in [-0.15, -0.1) is 0 Å².